The topological polar surface area (TPSA) is 107 Å². The third kappa shape index (κ3) is 3.73. The highest BCUT2D eigenvalue weighted by molar-refractivity contribution is 5.99. The van der Waals surface area contributed by atoms with Gasteiger partial charge in [0.05, 0.1) is 23.1 Å². The number of aliphatic hydroxyl groups excluding tert-OH is 1. The minimum atomic E-state index is -1.06. The zero-order chi connectivity index (χ0) is 20.3. The zero-order valence-electron chi connectivity index (χ0n) is 16.0. The van der Waals surface area contributed by atoms with Gasteiger partial charge in [0.1, 0.15) is 6.04 Å². The molecular weight excluding hydrogens is 368 g/mol. The number of carbonyl (C=O) groups is 2. The number of hydrogen-bond acceptors (Lipinski definition) is 4. The maximum atomic E-state index is 13.2. The number of nitrogens with zero attached hydrogens (tertiary/aromatic N) is 1. The Balaban J connectivity index is 1.50. The van der Waals surface area contributed by atoms with Crippen LogP contribution in [0.4, 0.5) is 5.95 Å². The first-order valence-electron chi connectivity index (χ1n) is 9.85. The van der Waals surface area contributed by atoms with Gasteiger partial charge in [0, 0.05) is 0 Å². The Morgan fingerprint density at radius 2 is 1.76 bits per heavy atom. The molecule has 150 valence electrons. The summed E-state index contributed by atoms with van der Waals surface area (Å²) in [4.78, 5) is 33.2. The second-order valence-electron chi connectivity index (χ2n) is 7.46. The van der Waals surface area contributed by atoms with Crippen LogP contribution in [0, 0.1) is 0 Å². The van der Waals surface area contributed by atoms with Gasteiger partial charge < -0.3 is 15.4 Å². The molecule has 1 aliphatic rings. The number of H-pyrrole nitrogens is 1. The van der Waals surface area contributed by atoms with Crippen molar-refractivity contribution in [2.24, 2.45) is 0 Å². The van der Waals surface area contributed by atoms with E-state index in [-0.39, 0.29) is 11.9 Å². The Hall–Kier alpha value is -3.19. The number of para-hydroxylation sites is 2. The molecule has 3 aromatic rings. The van der Waals surface area contributed by atoms with E-state index in [0.29, 0.717) is 0 Å². The standard InChI is InChI=1S/C22H24N4O3/c27-14-18(19(28)26-21-24-16-10-4-5-11-17(16)25-21)23-20(29)22(12-6-7-13-22)15-8-2-1-3-9-15/h1-5,8-11,18,27H,6-7,12-14H2,(H,23,29)(H2,24,25,26,28)/t18-/m0/s1. The van der Waals surface area contributed by atoms with Crippen LogP contribution in [0.1, 0.15) is 31.2 Å². The molecular formula is C22H24N4O3. The Labute approximate surface area is 168 Å². The van der Waals surface area contributed by atoms with Crippen molar-refractivity contribution in [1.29, 1.82) is 0 Å². The number of anilines is 1. The lowest BCUT2D eigenvalue weighted by Gasteiger charge is -2.30. The molecule has 7 nitrogen and oxygen atoms in total. The van der Waals surface area contributed by atoms with Crippen LogP contribution in [0.25, 0.3) is 11.0 Å². The zero-order valence-corrected chi connectivity index (χ0v) is 16.0. The van der Waals surface area contributed by atoms with Crippen LogP contribution in [0.2, 0.25) is 0 Å². The van der Waals surface area contributed by atoms with Gasteiger partial charge in [0.2, 0.25) is 11.9 Å². The lowest BCUT2D eigenvalue weighted by Crippen LogP contribution is -2.52. The smallest absolute Gasteiger partial charge is 0.251 e. The molecule has 7 heteroatoms. The molecule has 0 spiro atoms. The number of nitrogens with one attached hydrogen (secondary N) is 3. The van der Waals surface area contributed by atoms with Crippen LogP contribution < -0.4 is 10.6 Å². The molecule has 1 fully saturated rings. The van der Waals surface area contributed by atoms with E-state index in [1.54, 1.807) is 0 Å². The molecule has 1 heterocycles. The number of aliphatic hydroxyl groups is 1. The summed E-state index contributed by atoms with van der Waals surface area (Å²) in [5, 5.41) is 15.2. The van der Waals surface area contributed by atoms with E-state index >= 15 is 0 Å². The second-order valence-corrected chi connectivity index (χ2v) is 7.46. The molecule has 2 amide bonds. The Morgan fingerprint density at radius 3 is 2.45 bits per heavy atom. The van der Waals surface area contributed by atoms with E-state index in [4.69, 9.17) is 0 Å². The maximum Gasteiger partial charge on any atom is 0.251 e. The summed E-state index contributed by atoms with van der Waals surface area (Å²) in [5.41, 5.74) is 1.81. The van der Waals surface area contributed by atoms with Gasteiger partial charge in [0.25, 0.3) is 5.91 Å². The number of amides is 2. The normalized spacial score (nSPS) is 16.4. The highest BCUT2D eigenvalue weighted by atomic mass is 16.3. The molecule has 0 aliphatic heterocycles. The number of aromatic amines is 1. The van der Waals surface area contributed by atoms with E-state index < -0.39 is 24.0 Å². The first-order chi connectivity index (χ1) is 14.1. The van der Waals surface area contributed by atoms with Crippen molar-refractivity contribution < 1.29 is 14.7 Å². The van der Waals surface area contributed by atoms with Gasteiger partial charge in [-0.15, -0.1) is 0 Å². The summed E-state index contributed by atoms with van der Waals surface area (Å²) >= 11 is 0. The van der Waals surface area contributed by atoms with Crippen molar-refractivity contribution in [3.63, 3.8) is 0 Å². The van der Waals surface area contributed by atoms with E-state index in [1.807, 2.05) is 54.6 Å². The largest absolute Gasteiger partial charge is 0.394 e. The van der Waals surface area contributed by atoms with Crippen molar-refractivity contribution >= 4 is 28.8 Å². The Kier molecular flexibility index (Phi) is 5.31. The fraction of sp³-hybridized carbons (Fsp3) is 0.318. The molecule has 1 aromatic heterocycles. The minimum Gasteiger partial charge on any atom is -0.394 e. The Bertz CT molecular complexity index is 976. The molecule has 0 unspecified atom stereocenters. The first-order valence-corrected chi connectivity index (χ1v) is 9.85. The van der Waals surface area contributed by atoms with Gasteiger partial charge in [-0.25, -0.2) is 4.98 Å². The number of hydrogen-bond donors (Lipinski definition) is 4. The first kappa shape index (κ1) is 19.1. The molecule has 4 N–H and O–H groups in total. The Morgan fingerprint density at radius 1 is 1.07 bits per heavy atom. The SMILES string of the molecule is O=C(Nc1nc2ccccc2[nH]1)[C@H](CO)NC(=O)C1(c2ccccc2)CCCC1. The third-order valence-corrected chi connectivity index (χ3v) is 5.65. The van der Waals surface area contributed by atoms with E-state index in [2.05, 4.69) is 20.6 Å². The number of imidazole rings is 1. The highest BCUT2D eigenvalue weighted by Gasteiger charge is 2.43. The fourth-order valence-electron chi connectivity index (χ4n) is 4.09. The van der Waals surface area contributed by atoms with Gasteiger partial charge in [0.15, 0.2) is 0 Å². The summed E-state index contributed by atoms with van der Waals surface area (Å²) in [6, 6.07) is 16.0. The molecule has 0 saturated heterocycles. The molecule has 29 heavy (non-hydrogen) atoms. The summed E-state index contributed by atoms with van der Waals surface area (Å²) in [6.07, 6.45) is 3.37. The van der Waals surface area contributed by atoms with Crippen molar-refractivity contribution in [2.45, 2.75) is 37.1 Å². The van der Waals surface area contributed by atoms with Gasteiger partial charge in [-0.05, 0) is 30.5 Å². The summed E-state index contributed by atoms with van der Waals surface area (Å²) in [7, 11) is 0. The molecule has 0 bridgehead atoms. The molecule has 0 radical (unpaired) electrons. The monoisotopic (exact) mass is 392 g/mol. The minimum absolute atomic E-state index is 0.222. The molecule has 1 saturated carbocycles. The van der Waals surface area contributed by atoms with E-state index in [9.17, 15) is 14.7 Å². The van der Waals surface area contributed by atoms with Crippen molar-refractivity contribution in [1.82, 2.24) is 15.3 Å². The number of benzene rings is 2. The maximum absolute atomic E-state index is 13.2. The highest BCUT2D eigenvalue weighted by Crippen LogP contribution is 2.41. The molecule has 2 aromatic carbocycles. The van der Waals surface area contributed by atoms with Gasteiger partial charge >= 0.3 is 0 Å². The summed E-state index contributed by atoms with van der Waals surface area (Å²) < 4.78 is 0. The van der Waals surface area contributed by atoms with Crippen LogP contribution in [0.15, 0.2) is 54.6 Å². The molecule has 4 rings (SSSR count). The second kappa shape index (κ2) is 8.05. The van der Waals surface area contributed by atoms with Crippen LogP contribution >= 0.6 is 0 Å². The van der Waals surface area contributed by atoms with Crippen molar-refractivity contribution in [3.05, 3.63) is 60.2 Å². The van der Waals surface area contributed by atoms with Crippen molar-refractivity contribution in [3.8, 4) is 0 Å². The van der Waals surface area contributed by atoms with E-state index in [1.165, 1.54) is 0 Å². The summed E-state index contributed by atoms with van der Waals surface area (Å²) in [5.74, 6) is -0.455. The van der Waals surface area contributed by atoms with Crippen LogP contribution in [0.5, 0.6) is 0 Å². The summed E-state index contributed by atoms with van der Waals surface area (Å²) in [6.45, 7) is -0.497. The molecule has 1 aliphatic carbocycles. The third-order valence-electron chi connectivity index (χ3n) is 5.65. The van der Waals surface area contributed by atoms with Gasteiger partial charge in [-0.1, -0.05) is 55.3 Å². The number of fused-ring (bicyclic) bond motifs is 1. The fourth-order valence-corrected chi connectivity index (χ4v) is 4.09. The number of aromatic nitrogens is 2. The lowest BCUT2D eigenvalue weighted by atomic mass is 9.78. The van der Waals surface area contributed by atoms with Crippen LogP contribution in [0.3, 0.4) is 0 Å². The van der Waals surface area contributed by atoms with Gasteiger partial charge in [-0.3, -0.25) is 14.9 Å². The van der Waals surface area contributed by atoms with Crippen molar-refractivity contribution in [2.75, 3.05) is 11.9 Å². The number of carbonyl (C=O) groups excluding carboxylic acids is 2. The quantitative estimate of drug-likeness (QED) is 0.517. The number of rotatable bonds is 6. The molecule has 1 atom stereocenters. The van der Waals surface area contributed by atoms with Gasteiger partial charge in [-0.2, -0.15) is 0 Å². The van der Waals surface area contributed by atoms with E-state index in [0.717, 1.165) is 42.3 Å². The average Bonchev–Trinajstić information content (AvgIpc) is 3.40. The predicted molar refractivity (Wildman–Crippen MR) is 110 cm³/mol. The predicted octanol–water partition coefficient (Wildman–Crippen LogP) is 2.49. The van der Waals surface area contributed by atoms with Crippen LogP contribution in [-0.4, -0.2) is 39.5 Å². The average molecular weight is 392 g/mol. The van der Waals surface area contributed by atoms with Crippen LogP contribution in [-0.2, 0) is 15.0 Å². The lowest BCUT2D eigenvalue weighted by molar-refractivity contribution is -0.131.